The number of hydrogen-bond donors (Lipinski definition) is 2. The van der Waals surface area contributed by atoms with Crippen molar-refractivity contribution < 1.29 is 19.4 Å². The molecule has 0 aromatic carbocycles. The van der Waals surface area contributed by atoms with E-state index in [4.69, 9.17) is 9.53 Å². The molecule has 1 atom stereocenters. The fourth-order valence-corrected chi connectivity index (χ4v) is 3.79. The molecule has 1 saturated heterocycles. The Morgan fingerprint density at radius 3 is 2.18 bits per heavy atom. The maximum absolute atomic E-state index is 11.0. The van der Waals surface area contributed by atoms with Crippen LogP contribution in [0.4, 0.5) is 4.79 Å². The van der Waals surface area contributed by atoms with Gasteiger partial charge in [-0.25, -0.2) is 4.79 Å². The van der Waals surface area contributed by atoms with Gasteiger partial charge in [-0.05, 0) is 44.3 Å². The van der Waals surface area contributed by atoms with Gasteiger partial charge in [-0.15, -0.1) is 0 Å². The van der Waals surface area contributed by atoms with Crippen LogP contribution in [0.3, 0.4) is 0 Å². The van der Waals surface area contributed by atoms with Gasteiger partial charge in [0.15, 0.2) is 8.32 Å². The maximum Gasteiger partial charge on any atom is 0.407 e. The quantitative estimate of drug-likeness (QED) is 0.756. The Bertz CT molecular complexity index is 382. The number of aliphatic hydroxyl groups excluding tert-OH is 1. The zero-order valence-corrected chi connectivity index (χ0v) is 16.0. The number of rotatable bonds is 5. The molecule has 1 rings (SSSR count). The molecule has 0 radical (unpaired) electrons. The Morgan fingerprint density at radius 2 is 1.82 bits per heavy atom. The molecule has 0 aromatic rings. The molecular formula is C16H33NO4Si. The lowest BCUT2D eigenvalue weighted by Crippen LogP contribution is -2.48. The van der Waals surface area contributed by atoms with Crippen LogP contribution in [0.2, 0.25) is 18.1 Å². The van der Waals surface area contributed by atoms with Crippen molar-refractivity contribution in [3.05, 3.63) is 0 Å². The molecule has 0 bridgehead atoms. The van der Waals surface area contributed by atoms with E-state index in [0.29, 0.717) is 32.5 Å². The van der Waals surface area contributed by atoms with Crippen LogP contribution in [0, 0.1) is 5.41 Å². The molecule has 1 fully saturated rings. The van der Waals surface area contributed by atoms with Crippen LogP contribution in [-0.4, -0.2) is 55.3 Å². The van der Waals surface area contributed by atoms with E-state index in [1.165, 1.54) is 4.90 Å². The highest BCUT2D eigenvalue weighted by Crippen LogP contribution is 2.41. The molecule has 0 saturated carbocycles. The number of likely N-dealkylation sites (tertiary alicyclic amines) is 1. The van der Waals surface area contributed by atoms with E-state index in [2.05, 4.69) is 33.9 Å². The number of hydrogen-bond acceptors (Lipinski definition) is 3. The molecule has 0 spiro atoms. The number of carbonyl (C=O) groups is 1. The molecule has 130 valence electrons. The summed E-state index contributed by atoms with van der Waals surface area (Å²) in [5, 5.41) is 19.5. The Hall–Kier alpha value is -0.593. The minimum absolute atomic E-state index is 0.178. The second kappa shape index (κ2) is 6.89. The lowest BCUT2D eigenvalue weighted by molar-refractivity contribution is -0.0242. The molecule has 5 nitrogen and oxygen atoms in total. The second-order valence-corrected chi connectivity index (χ2v) is 13.0. The van der Waals surface area contributed by atoms with E-state index < -0.39 is 20.5 Å². The smallest absolute Gasteiger partial charge is 0.407 e. The zero-order valence-electron chi connectivity index (χ0n) is 15.0. The standard InChI is InChI=1S/C16H33NO4Si/c1-13(18)16(7-10-17(11-8-16)14(19)20)9-12-21-22(5,6)15(2,3)4/h13,18H,7-12H2,1-6H3,(H,19,20). The van der Waals surface area contributed by atoms with Gasteiger partial charge in [0.1, 0.15) is 0 Å². The lowest BCUT2D eigenvalue weighted by Gasteiger charge is -2.44. The average Bonchev–Trinajstić information content (AvgIpc) is 2.37. The largest absolute Gasteiger partial charge is 0.465 e. The first-order valence-electron chi connectivity index (χ1n) is 8.21. The van der Waals surface area contributed by atoms with Crippen LogP contribution in [0.1, 0.15) is 47.0 Å². The fraction of sp³-hybridized carbons (Fsp3) is 0.938. The molecule has 0 aliphatic carbocycles. The average molecular weight is 332 g/mol. The highest BCUT2D eigenvalue weighted by Gasteiger charge is 2.41. The highest BCUT2D eigenvalue weighted by molar-refractivity contribution is 6.74. The molecule has 22 heavy (non-hydrogen) atoms. The van der Waals surface area contributed by atoms with Crippen molar-refractivity contribution in [2.75, 3.05) is 19.7 Å². The third kappa shape index (κ3) is 4.46. The number of nitrogens with zero attached hydrogens (tertiary/aromatic N) is 1. The van der Waals surface area contributed by atoms with Gasteiger partial charge in [-0.1, -0.05) is 20.8 Å². The molecule has 6 heteroatoms. The predicted molar refractivity (Wildman–Crippen MR) is 90.7 cm³/mol. The van der Waals surface area contributed by atoms with Gasteiger partial charge in [0.2, 0.25) is 0 Å². The first-order chi connectivity index (χ1) is 9.91. The van der Waals surface area contributed by atoms with E-state index in [-0.39, 0.29) is 10.5 Å². The first-order valence-corrected chi connectivity index (χ1v) is 11.1. The molecule has 1 aliphatic rings. The van der Waals surface area contributed by atoms with Crippen LogP contribution in [0.25, 0.3) is 0 Å². The third-order valence-corrected chi connectivity index (χ3v) is 10.3. The monoisotopic (exact) mass is 331 g/mol. The summed E-state index contributed by atoms with van der Waals surface area (Å²) in [6.07, 6.45) is 0.906. The van der Waals surface area contributed by atoms with E-state index in [1.807, 2.05) is 6.92 Å². The van der Waals surface area contributed by atoms with Gasteiger partial charge in [-0.2, -0.15) is 0 Å². The summed E-state index contributed by atoms with van der Waals surface area (Å²) in [5.74, 6) is 0. The van der Waals surface area contributed by atoms with Crippen molar-refractivity contribution in [2.45, 2.75) is 71.2 Å². The molecule has 0 aromatic heterocycles. The first kappa shape index (κ1) is 19.5. The van der Waals surface area contributed by atoms with Crippen LogP contribution >= 0.6 is 0 Å². The van der Waals surface area contributed by atoms with Crippen molar-refractivity contribution in [2.24, 2.45) is 5.41 Å². The summed E-state index contributed by atoms with van der Waals surface area (Å²) in [6.45, 7) is 14.6. The van der Waals surface area contributed by atoms with Gasteiger partial charge in [0, 0.05) is 25.1 Å². The number of amides is 1. The Balaban J connectivity index is 2.62. The summed E-state index contributed by atoms with van der Waals surface area (Å²) in [5.41, 5.74) is -0.214. The van der Waals surface area contributed by atoms with Crippen molar-refractivity contribution in [3.8, 4) is 0 Å². The second-order valence-electron chi connectivity index (χ2n) is 8.17. The topological polar surface area (TPSA) is 70.0 Å². The molecule has 1 amide bonds. The Morgan fingerprint density at radius 1 is 1.32 bits per heavy atom. The summed E-state index contributed by atoms with van der Waals surface area (Å²) in [6, 6.07) is 0. The Labute approximate surface area is 135 Å². The van der Waals surface area contributed by atoms with E-state index in [9.17, 15) is 9.90 Å². The van der Waals surface area contributed by atoms with Crippen molar-refractivity contribution in [1.29, 1.82) is 0 Å². The maximum atomic E-state index is 11.0. The van der Waals surface area contributed by atoms with E-state index in [0.717, 1.165) is 6.42 Å². The van der Waals surface area contributed by atoms with Crippen LogP contribution in [-0.2, 0) is 4.43 Å². The molecule has 1 unspecified atom stereocenters. The van der Waals surface area contributed by atoms with Crippen molar-refractivity contribution >= 4 is 14.4 Å². The lowest BCUT2D eigenvalue weighted by atomic mass is 9.72. The predicted octanol–water partition coefficient (Wildman–Crippen LogP) is 3.54. The Kier molecular flexibility index (Phi) is 6.09. The highest BCUT2D eigenvalue weighted by atomic mass is 28.4. The van der Waals surface area contributed by atoms with Gasteiger partial charge in [0.05, 0.1) is 6.10 Å². The summed E-state index contributed by atoms with van der Waals surface area (Å²) in [7, 11) is -1.77. The number of piperidine rings is 1. The van der Waals surface area contributed by atoms with Crippen LogP contribution in [0.5, 0.6) is 0 Å². The fourth-order valence-electron chi connectivity index (χ4n) is 2.75. The van der Waals surface area contributed by atoms with Crippen LogP contribution in [0.15, 0.2) is 0 Å². The minimum atomic E-state index is -1.77. The van der Waals surface area contributed by atoms with Crippen molar-refractivity contribution in [1.82, 2.24) is 4.90 Å². The van der Waals surface area contributed by atoms with Crippen LogP contribution < -0.4 is 0 Å². The van der Waals surface area contributed by atoms with Crippen molar-refractivity contribution in [3.63, 3.8) is 0 Å². The molecule has 1 heterocycles. The third-order valence-electron chi connectivity index (χ3n) is 5.79. The van der Waals surface area contributed by atoms with Gasteiger partial charge >= 0.3 is 6.09 Å². The number of aliphatic hydroxyl groups is 1. The number of carboxylic acid groups (broad SMARTS) is 1. The van der Waals surface area contributed by atoms with Gasteiger partial charge in [0.25, 0.3) is 0 Å². The summed E-state index contributed by atoms with van der Waals surface area (Å²) >= 11 is 0. The van der Waals surface area contributed by atoms with E-state index >= 15 is 0 Å². The molecule has 2 N–H and O–H groups in total. The minimum Gasteiger partial charge on any atom is -0.465 e. The molecular weight excluding hydrogens is 298 g/mol. The molecule has 1 aliphatic heterocycles. The normalized spacial score (nSPS) is 20.8. The SMILES string of the molecule is CC(O)C1(CCO[Si](C)(C)C(C)(C)C)CCN(C(=O)O)CC1. The zero-order chi connectivity index (χ0) is 17.2. The van der Waals surface area contributed by atoms with Gasteiger partial charge in [-0.3, -0.25) is 0 Å². The van der Waals surface area contributed by atoms with E-state index in [1.54, 1.807) is 0 Å². The summed E-state index contributed by atoms with van der Waals surface area (Å²) in [4.78, 5) is 12.5. The van der Waals surface area contributed by atoms with Gasteiger partial charge < -0.3 is 19.5 Å². The summed E-state index contributed by atoms with van der Waals surface area (Å²) < 4.78 is 6.24.